The minimum Gasteiger partial charge on any atom is -0.435 e. The van der Waals surface area contributed by atoms with E-state index < -0.39 is 23.5 Å². The van der Waals surface area contributed by atoms with E-state index in [1.807, 2.05) is 0 Å². The normalized spacial score (nSPS) is 11.9. The summed E-state index contributed by atoms with van der Waals surface area (Å²) in [6, 6.07) is 3.69. The van der Waals surface area contributed by atoms with Crippen molar-refractivity contribution in [3.8, 4) is 11.6 Å². The number of carbonyl (C=O) groups is 1. The number of hydrogen-bond donors (Lipinski definition) is 1. The van der Waals surface area contributed by atoms with Crippen molar-refractivity contribution in [3.05, 3.63) is 47.9 Å². The van der Waals surface area contributed by atoms with Gasteiger partial charge in [-0.3, -0.25) is 9.78 Å². The smallest absolute Gasteiger partial charge is 0.256 e. The molecular formula is C13H11F2N3O2. The molecule has 104 valence electrons. The molecule has 0 fully saturated rings. The SMILES string of the molecule is CC(C(N)=O)c1ccc(Oc2ncc(F)cc2F)cn1. The minimum absolute atomic E-state index is 0.212. The van der Waals surface area contributed by atoms with Gasteiger partial charge < -0.3 is 10.5 Å². The Bertz CT molecular complexity index is 632. The number of ether oxygens (including phenoxy) is 1. The van der Waals surface area contributed by atoms with E-state index in [0.29, 0.717) is 11.8 Å². The van der Waals surface area contributed by atoms with E-state index in [-0.39, 0.29) is 11.6 Å². The van der Waals surface area contributed by atoms with Crippen LogP contribution in [0.1, 0.15) is 18.5 Å². The van der Waals surface area contributed by atoms with Gasteiger partial charge in [-0.25, -0.2) is 13.8 Å². The Morgan fingerprint density at radius 2 is 2.05 bits per heavy atom. The Labute approximate surface area is 113 Å². The second-order valence-corrected chi connectivity index (χ2v) is 4.09. The van der Waals surface area contributed by atoms with Gasteiger partial charge in [0.2, 0.25) is 5.91 Å². The van der Waals surface area contributed by atoms with Crippen molar-refractivity contribution >= 4 is 5.91 Å². The standard InChI is InChI=1S/C13H11F2N3O2/c1-7(12(16)19)11-3-2-9(6-17-11)20-13-10(15)4-8(14)5-18-13/h2-7H,1H3,(H2,16,19). The van der Waals surface area contributed by atoms with Crippen LogP contribution in [0.25, 0.3) is 0 Å². The molecule has 2 heterocycles. The maximum absolute atomic E-state index is 13.3. The van der Waals surface area contributed by atoms with E-state index in [4.69, 9.17) is 10.5 Å². The predicted octanol–water partition coefficient (Wildman–Crippen LogP) is 2.14. The van der Waals surface area contributed by atoms with E-state index in [2.05, 4.69) is 9.97 Å². The molecule has 0 aliphatic rings. The van der Waals surface area contributed by atoms with Crippen molar-refractivity contribution in [2.75, 3.05) is 0 Å². The first-order valence-corrected chi connectivity index (χ1v) is 5.71. The first kappa shape index (κ1) is 13.9. The van der Waals surface area contributed by atoms with Crippen LogP contribution in [0.15, 0.2) is 30.6 Å². The van der Waals surface area contributed by atoms with Gasteiger partial charge in [-0.05, 0) is 19.1 Å². The summed E-state index contributed by atoms with van der Waals surface area (Å²) in [5, 5.41) is 0. The molecule has 2 rings (SSSR count). The molecule has 5 nitrogen and oxygen atoms in total. The highest BCUT2D eigenvalue weighted by molar-refractivity contribution is 5.80. The largest absolute Gasteiger partial charge is 0.435 e. The molecule has 0 aliphatic carbocycles. The molecule has 20 heavy (non-hydrogen) atoms. The van der Waals surface area contributed by atoms with Crippen LogP contribution in [0, 0.1) is 11.6 Å². The van der Waals surface area contributed by atoms with Crippen molar-refractivity contribution in [3.63, 3.8) is 0 Å². The topological polar surface area (TPSA) is 78.1 Å². The molecule has 2 aromatic heterocycles. The summed E-state index contributed by atoms with van der Waals surface area (Å²) in [4.78, 5) is 18.5. The number of hydrogen-bond acceptors (Lipinski definition) is 4. The maximum Gasteiger partial charge on any atom is 0.256 e. The molecule has 7 heteroatoms. The van der Waals surface area contributed by atoms with Crippen LogP contribution in [0.2, 0.25) is 0 Å². The van der Waals surface area contributed by atoms with Crippen LogP contribution in [0.5, 0.6) is 11.6 Å². The third-order valence-electron chi connectivity index (χ3n) is 2.62. The summed E-state index contributed by atoms with van der Waals surface area (Å²) < 4.78 is 31.2. The van der Waals surface area contributed by atoms with Gasteiger partial charge in [0.25, 0.3) is 5.88 Å². The zero-order valence-electron chi connectivity index (χ0n) is 10.5. The van der Waals surface area contributed by atoms with Crippen molar-refractivity contribution in [2.24, 2.45) is 5.73 Å². The Morgan fingerprint density at radius 1 is 1.30 bits per heavy atom. The van der Waals surface area contributed by atoms with Crippen molar-refractivity contribution in [1.82, 2.24) is 9.97 Å². The number of nitrogens with two attached hydrogens (primary N) is 1. The van der Waals surface area contributed by atoms with E-state index in [9.17, 15) is 13.6 Å². The summed E-state index contributed by atoms with van der Waals surface area (Å²) in [6.07, 6.45) is 2.15. The van der Waals surface area contributed by atoms with Crippen molar-refractivity contribution in [1.29, 1.82) is 0 Å². The van der Waals surface area contributed by atoms with Crippen LogP contribution in [0.3, 0.4) is 0 Å². The summed E-state index contributed by atoms with van der Waals surface area (Å²) in [6.45, 7) is 1.62. The van der Waals surface area contributed by atoms with Crippen LogP contribution >= 0.6 is 0 Å². The molecule has 1 amide bonds. The van der Waals surface area contributed by atoms with Crippen molar-refractivity contribution in [2.45, 2.75) is 12.8 Å². The molecule has 0 spiro atoms. The zero-order valence-corrected chi connectivity index (χ0v) is 10.5. The molecule has 2 N–H and O–H groups in total. The first-order valence-electron chi connectivity index (χ1n) is 5.71. The molecule has 0 aliphatic heterocycles. The van der Waals surface area contributed by atoms with Crippen LogP contribution in [-0.4, -0.2) is 15.9 Å². The van der Waals surface area contributed by atoms with Gasteiger partial charge in [0.1, 0.15) is 11.6 Å². The molecule has 0 radical (unpaired) electrons. The monoisotopic (exact) mass is 279 g/mol. The van der Waals surface area contributed by atoms with Gasteiger partial charge in [0, 0.05) is 6.07 Å². The summed E-state index contributed by atoms with van der Waals surface area (Å²) in [5.74, 6) is -2.90. The average molecular weight is 279 g/mol. The number of carbonyl (C=O) groups excluding carboxylic acids is 1. The number of primary amides is 1. The highest BCUT2D eigenvalue weighted by Crippen LogP contribution is 2.23. The number of amides is 1. The van der Waals surface area contributed by atoms with Gasteiger partial charge in [-0.2, -0.15) is 0 Å². The van der Waals surface area contributed by atoms with E-state index in [1.165, 1.54) is 18.3 Å². The lowest BCUT2D eigenvalue weighted by Crippen LogP contribution is -2.19. The fourth-order valence-electron chi connectivity index (χ4n) is 1.44. The zero-order chi connectivity index (χ0) is 14.7. The van der Waals surface area contributed by atoms with Gasteiger partial charge in [-0.15, -0.1) is 0 Å². The third kappa shape index (κ3) is 3.05. The maximum atomic E-state index is 13.3. The van der Waals surface area contributed by atoms with Crippen LogP contribution in [0.4, 0.5) is 8.78 Å². The third-order valence-corrected chi connectivity index (χ3v) is 2.62. The number of halogens is 2. The highest BCUT2D eigenvalue weighted by Gasteiger charge is 2.13. The van der Waals surface area contributed by atoms with E-state index in [1.54, 1.807) is 6.92 Å². The summed E-state index contributed by atoms with van der Waals surface area (Å²) in [7, 11) is 0. The van der Waals surface area contributed by atoms with E-state index in [0.717, 1.165) is 6.20 Å². The minimum atomic E-state index is -0.917. The van der Waals surface area contributed by atoms with Gasteiger partial charge in [0.15, 0.2) is 5.82 Å². The highest BCUT2D eigenvalue weighted by atomic mass is 19.1. The molecule has 0 bridgehead atoms. The average Bonchev–Trinajstić information content (AvgIpc) is 2.42. The Hall–Kier alpha value is -2.57. The molecule has 0 saturated heterocycles. The fraction of sp³-hybridized carbons (Fsp3) is 0.154. The summed E-state index contributed by atoms with van der Waals surface area (Å²) >= 11 is 0. The van der Waals surface area contributed by atoms with Gasteiger partial charge >= 0.3 is 0 Å². The number of nitrogens with zero attached hydrogens (tertiary/aromatic N) is 2. The molecular weight excluding hydrogens is 268 g/mol. The fourth-order valence-corrected chi connectivity index (χ4v) is 1.44. The van der Waals surface area contributed by atoms with Crippen molar-refractivity contribution < 1.29 is 18.3 Å². The predicted molar refractivity (Wildman–Crippen MR) is 66.1 cm³/mol. The van der Waals surface area contributed by atoms with Gasteiger partial charge in [0.05, 0.1) is 24.0 Å². The van der Waals surface area contributed by atoms with Crippen LogP contribution in [-0.2, 0) is 4.79 Å². The second-order valence-electron chi connectivity index (χ2n) is 4.09. The Morgan fingerprint density at radius 3 is 2.60 bits per heavy atom. The lowest BCUT2D eigenvalue weighted by atomic mass is 10.1. The molecule has 1 atom stereocenters. The number of rotatable bonds is 4. The van der Waals surface area contributed by atoms with Gasteiger partial charge in [-0.1, -0.05) is 0 Å². The Balaban J connectivity index is 2.16. The summed E-state index contributed by atoms with van der Waals surface area (Å²) in [5.41, 5.74) is 5.63. The molecule has 2 aromatic rings. The Kier molecular flexibility index (Phi) is 3.88. The molecule has 0 saturated carbocycles. The van der Waals surface area contributed by atoms with E-state index >= 15 is 0 Å². The second kappa shape index (κ2) is 5.60. The first-order chi connectivity index (χ1) is 9.47. The molecule has 1 unspecified atom stereocenters. The number of aromatic nitrogens is 2. The van der Waals surface area contributed by atoms with Crippen LogP contribution < -0.4 is 10.5 Å². The quantitative estimate of drug-likeness (QED) is 0.930. The number of pyridine rings is 2. The lowest BCUT2D eigenvalue weighted by Gasteiger charge is -2.08. The lowest BCUT2D eigenvalue weighted by molar-refractivity contribution is -0.119. The molecule has 0 aromatic carbocycles.